The van der Waals surface area contributed by atoms with Crippen LogP contribution < -0.4 is 4.90 Å². The highest BCUT2D eigenvalue weighted by Gasteiger charge is 2.39. The van der Waals surface area contributed by atoms with E-state index in [0.717, 1.165) is 26.2 Å². The molecule has 0 spiro atoms. The minimum absolute atomic E-state index is 0.0500. The summed E-state index contributed by atoms with van der Waals surface area (Å²) in [6.45, 7) is 7.45. The number of hydrogen-bond acceptors (Lipinski definition) is 7. The van der Waals surface area contributed by atoms with Crippen LogP contribution in [-0.4, -0.2) is 102 Å². The van der Waals surface area contributed by atoms with Crippen LogP contribution in [0.25, 0.3) is 0 Å². The van der Waals surface area contributed by atoms with Crippen molar-refractivity contribution in [2.45, 2.75) is 13.0 Å². The first-order valence-corrected chi connectivity index (χ1v) is 9.03. The van der Waals surface area contributed by atoms with Crippen LogP contribution >= 0.6 is 0 Å². The number of aromatic nitrogens is 2. The average Bonchev–Trinajstić information content (AvgIpc) is 3.02. The van der Waals surface area contributed by atoms with Crippen LogP contribution in [0.2, 0.25) is 0 Å². The minimum Gasteiger partial charge on any atom is -0.447 e. The minimum atomic E-state index is -0.279. The maximum atomic E-state index is 12.9. The molecule has 4 heterocycles. The van der Waals surface area contributed by atoms with Gasteiger partial charge in [-0.1, -0.05) is 0 Å². The Balaban J connectivity index is 1.46. The summed E-state index contributed by atoms with van der Waals surface area (Å²) in [5, 5.41) is 0. The summed E-state index contributed by atoms with van der Waals surface area (Å²) >= 11 is 0. The van der Waals surface area contributed by atoms with E-state index in [4.69, 9.17) is 4.74 Å². The van der Waals surface area contributed by atoms with Gasteiger partial charge in [-0.3, -0.25) is 9.69 Å². The molecule has 2 amide bonds. The van der Waals surface area contributed by atoms with Crippen molar-refractivity contribution in [2.75, 3.05) is 64.4 Å². The molecule has 4 rings (SSSR count). The quantitative estimate of drug-likeness (QED) is 0.723. The van der Waals surface area contributed by atoms with E-state index in [9.17, 15) is 9.59 Å². The Kier molecular flexibility index (Phi) is 4.39. The van der Waals surface area contributed by atoms with E-state index in [0.29, 0.717) is 43.4 Å². The lowest BCUT2D eigenvalue weighted by atomic mass is 10.1. The first-order chi connectivity index (χ1) is 12.5. The van der Waals surface area contributed by atoms with Crippen molar-refractivity contribution < 1.29 is 14.3 Å². The zero-order chi connectivity index (χ0) is 18.3. The highest BCUT2D eigenvalue weighted by molar-refractivity contribution is 5.95. The molecule has 0 aliphatic carbocycles. The Morgan fingerprint density at radius 3 is 2.69 bits per heavy atom. The molecule has 1 aromatic heterocycles. The topological polar surface area (TPSA) is 82.1 Å². The van der Waals surface area contributed by atoms with Crippen molar-refractivity contribution in [1.82, 2.24) is 24.7 Å². The normalized spacial score (nSPS) is 23.8. The summed E-state index contributed by atoms with van der Waals surface area (Å²) in [7, 11) is 2.11. The number of likely N-dealkylation sites (N-methyl/N-ethyl adjacent to an activating group) is 1. The highest BCUT2D eigenvalue weighted by atomic mass is 16.6. The van der Waals surface area contributed by atoms with Gasteiger partial charge in [-0.15, -0.1) is 0 Å². The molecule has 0 saturated carbocycles. The van der Waals surface area contributed by atoms with Gasteiger partial charge in [-0.05, 0) is 14.0 Å². The molecule has 3 aliphatic rings. The van der Waals surface area contributed by atoms with Gasteiger partial charge >= 0.3 is 6.09 Å². The van der Waals surface area contributed by atoms with Gasteiger partial charge < -0.3 is 19.4 Å². The van der Waals surface area contributed by atoms with E-state index in [1.54, 1.807) is 16.0 Å². The zero-order valence-electron chi connectivity index (χ0n) is 15.2. The number of anilines is 1. The molecule has 1 aromatic rings. The Bertz CT molecular complexity index is 718. The van der Waals surface area contributed by atoms with Gasteiger partial charge in [0, 0.05) is 52.0 Å². The van der Waals surface area contributed by atoms with Crippen LogP contribution in [-0.2, 0) is 4.74 Å². The first-order valence-electron chi connectivity index (χ1n) is 9.03. The van der Waals surface area contributed by atoms with Gasteiger partial charge in [0.2, 0.25) is 5.95 Å². The summed E-state index contributed by atoms with van der Waals surface area (Å²) in [6, 6.07) is -0.0500. The van der Waals surface area contributed by atoms with E-state index < -0.39 is 0 Å². The Labute approximate surface area is 152 Å². The third-order valence-corrected chi connectivity index (χ3v) is 5.39. The molecule has 26 heavy (non-hydrogen) atoms. The molecule has 3 fully saturated rings. The van der Waals surface area contributed by atoms with E-state index >= 15 is 0 Å². The molecule has 0 bridgehead atoms. The summed E-state index contributed by atoms with van der Waals surface area (Å²) in [4.78, 5) is 41.4. The van der Waals surface area contributed by atoms with Gasteiger partial charge in [0.25, 0.3) is 5.91 Å². The summed E-state index contributed by atoms with van der Waals surface area (Å²) in [5.41, 5.74) is 1.22. The number of ether oxygens (including phenoxy) is 1. The lowest BCUT2D eigenvalue weighted by Crippen LogP contribution is -2.53. The molecule has 0 unspecified atom stereocenters. The monoisotopic (exact) mass is 360 g/mol. The van der Waals surface area contributed by atoms with Crippen molar-refractivity contribution >= 4 is 17.9 Å². The zero-order valence-corrected chi connectivity index (χ0v) is 15.2. The fourth-order valence-electron chi connectivity index (χ4n) is 3.67. The molecule has 9 nitrogen and oxygen atoms in total. The highest BCUT2D eigenvalue weighted by Crippen LogP contribution is 2.21. The maximum absolute atomic E-state index is 12.9. The van der Waals surface area contributed by atoms with Crippen LogP contribution in [0.5, 0.6) is 0 Å². The average molecular weight is 360 g/mol. The molecule has 3 aliphatic heterocycles. The number of cyclic esters (lactones) is 1. The van der Waals surface area contributed by atoms with E-state index in [2.05, 4.69) is 26.8 Å². The van der Waals surface area contributed by atoms with Crippen LogP contribution in [0.4, 0.5) is 10.7 Å². The van der Waals surface area contributed by atoms with Crippen molar-refractivity contribution in [3.8, 4) is 0 Å². The standard InChI is InChI=1S/C17H24N6O3/c1-12-14(9-18-16(19-12)21-5-3-20(2)4-6-21)15(24)22-7-8-23-13(10-22)11-26-17(23)25/h9,13H,3-8,10-11H2,1-2H3/t13-/m1/s1. The van der Waals surface area contributed by atoms with Crippen molar-refractivity contribution in [3.05, 3.63) is 17.5 Å². The maximum Gasteiger partial charge on any atom is 0.410 e. The molecule has 3 saturated heterocycles. The number of fused-ring (bicyclic) bond motifs is 1. The van der Waals surface area contributed by atoms with Crippen molar-refractivity contribution in [1.29, 1.82) is 0 Å². The van der Waals surface area contributed by atoms with Crippen molar-refractivity contribution in [3.63, 3.8) is 0 Å². The molecule has 0 radical (unpaired) electrons. The van der Waals surface area contributed by atoms with Crippen molar-refractivity contribution in [2.24, 2.45) is 0 Å². The predicted molar refractivity (Wildman–Crippen MR) is 94.2 cm³/mol. The number of rotatable bonds is 2. The lowest BCUT2D eigenvalue weighted by molar-refractivity contribution is 0.0615. The van der Waals surface area contributed by atoms with Crippen LogP contribution in [0, 0.1) is 6.92 Å². The molecule has 0 aromatic carbocycles. The lowest BCUT2D eigenvalue weighted by Gasteiger charge is -2.35. The molecular formula is C17H24N6O3. The van der Waals surface area contributed by atoms with Crippen LogP contribution in [0.15, 0.2) is 6.20 Å². The SMILES string of the molecule is Cc1nc(N2CCN(C)CC2)ncc1C(=O)N1CCN2C(=O)OC[C@H]2C1. The number of carbonyl (C=O) groups excluding carboxylic acids is 2. The molecule has 9 heteroatoms. The summed E-state index contributed by atoms with van der Waals surface area (Å²) in [5.74, 6) is 0.609. The summed E-state index contributed by atoms with van der Waals surface area (Å²) < 4.78 is 5.06. The van der Waals surface area contributed by atoms with Gasteiger partial charge in [0.05, 0.1) is 17.3 Å². The van der Waals surface area contributed by atoms with Gasteiger partial charge in [-0.25, -0.2) is 14.8 Å². The fraction of sp³-hybridized carbons (Fsp3) is 0.647. The molecule has 0 N–H and O–H groups in total. The van der Waals surface area contributed by atoms with Gasteiger partial charge in [0.15, 0.2) is 0 Å². The second-order valence-corrected chi connectivity index (χ2v) is 7.13. The second-order valence-electron chi connectivity index (χ2n) is 7.13. The predicted octanol–water partition coefficient (Wildman–Crippen LogP) is -0.187. The number of piperazine rings is 2. The number of aryl methyl sites for hydroxylation is 1. The second kappa shape index (κ2) is 6.71. The van der Waals surface area contributed by atoms with E-state index in [1.807, 2.05) is 6.92 Å². The third-order valence-electron chi connectivity index (χ3n) is 5.39. The first kappa shape index (κ1) is 17.0. The van der Waals surface area contributed by atoms with Gasteiger partial charge in [0.1, 0.15) is 6.61 Å². The van der Waals surface area contributed by atoms with Crippen LogP contribution in [0.3, 0.4) is 0 Å². The van der Waals surface area contributed by atoms with Crippen LogP contribution in [0.1, 0.15) is 16.1 Å². The number of nitrogens with zero attached hydrogens (tertiary/aromatic N) is 6. The molecular weight excluding hydrogens is 336 g/mol. The summed E-state index contributed by atoms with van der Waals surface area (Å²) in [6.07, 6.45) is 1.36. The molecule has 1 atom stereocenters. The number of hydrogen-bond donors (Lipinski definition) is 0. The van der Waals surface area contributed by atoms with Gasteiger partial charge in [-0.2, -0.15) is 0 Å². The van der Waals surface area contributed by atoms with E-state index in [1.165, 1.54) is 0 Å². The molecule has 140 valence electrons. The Hall–Kier alpha value is -2.42. The number of carbonyl (C=O) groups is 2. The fourth-order valence-corrected chi connectivity index (χ4v) is 3.67. The third kappa shape index (κ3) is 3.07. The Morgan fingerprint density at radius 1 is 1.19 bits per heavy atom. The Morgan fingerprint density at radius 2 is 1.96 bits per heavy atom. The van der Waals surface area contributed by atoms with E-state index in [-0.39, 0.29) is 18.0 Å². The smallest absolute Gasteiger partial charge is 0.410 e. The largest absolute Gasteiger partial charge is 0.447 e. The number of amides is 2.